The van der Waals surface area contributed by atoms with Crippen LogP contribution in [0.15, 0.2) is 34.9 Å². The number of anilines is 1. The first kappa shape index (κ1) is 12.1. The summed E-state index contributed by atoms with van der Waals surface area (Å²) in [7, 11) is 1.45. The van der Waals surface area contributed by atoms with Crippen molar-refractivity contribution >= 4 is 27.5 Å². The zero-order chi connectivity index (χ0) is 12.4. The van der Waals surface area contributed by atoms with Gasteiger partial charge in [0.05, 0.1) is 10.2 Å². The third-order valence-corrected chi connectivity index (χ3v) is 2.93. The maximum absolute atomic E-state index is 12.8. The fourth-order valence-corrected chi connectivity index (χ4v) is 2.09. The van der Waals surface area contributed by atoms with E-state index in [1.54, 1.807) is 18.3 Å². The smallest absolute Gasteiger partial charge is 0.273 e. The van der Waals surface area contributed by atoms with Gasteiger partial charge in [-0.3, -0.25) is 15.2 Å². The van der Waals surface area contributed by atoms with Gasteiger partial charge in [0.1, 0.15) is 5.82 Å². The number of hydrogen-bond acceptors (Lipinski definition) is 3. The van der Waals surface area contributed by atoms with Gasteiger partial charge >= 0.3 is 0 Å². The molecule has 1 heterocycles. The van der Waals surface area contributed by atoms with Gasteiger partial charge in [-0.15, -0.1) is 0 Å². The highest BCUT2D eigenvalue weighted by Gasteiger charge is 2.27. The molecule has 0 saturated heterocycles. The van der Waals surface area contributed by atoms with Crippen LogP contribution in [0.1, 0.15) is 0 Å². The molecule has 17 heavy (non-hydrogen) atoms. The second kappa shape index (κ2) is 4.85. The number of ether oxygens (including phenoxy) is 1. The molecule has 1 atom stereocenters. The summed E-state index contributed by atoms with van der Waals surface area (Å²) in [4.78, 5) is 11.7. The summed E-state index contributed by atoms with van der Waals surface area (Å²) in [5.41, 5.74) is 3.28. The van der Waals surface area contributed by atoms with Crippen LogP contribution < -0.4 is 10.4 Å². The monoisotopic (exact) mass is 300 g/mol. The number of carbonyl (C=O) groups excluding carboxylic acids is 1. The second-order valence-corrected chi connectivity index (χ2v) is 4.37. The van der Waals surface area contributed by atoms with Crippen LogP contribution in [0.5, 0.6) is 0 Å². The van der Waals surface area contributed by atoms with Gasteiger partial charge in [0, 0.05) is 13.3 Å². The number of nitrogens with one attached hydrogen (secondary N) is 1. The normalized spacial score (nSPS) is 19.9. The van der Waals surface area contributed by atoms with E-state index in [9.17, 15) is 9.18 Å². The summed E-state index contributed by atoms with van der Waals surface area (Å²) < 4.78 is 18.4. The Balaban J connectivity index is 2.27. The van der Waals surface area contributed by atoms with Gasteiger partial charge < -0.3 is 4.74 Å². The largest absolute Gasteiger partial charge is 0.366 e. The van der Waals surface area contributed by atoms with Crippen LogP contribution in [-0.2, 0) is 9.53 Å². The quantitative estimate of drug-likeness (QED) is 0.907. The summed E-state index contributed by atoms with van der Waals surface area (Å²) in [6, 6.07) is 5.79. The number of hydrogen-bond donors (Lipinski definition) is 1. The minimum Gasteiger partial charge on any atom is -0.366 e. The van der Waals surface area contributed by atoms with Crippen molar-refractivity contribution in [3.8, 4) is 0 Å². The molecule has 0 radical (unpaired) electrons. The molecule has 4 nitrogen and oxygen atoms in total. The number of methoxy groups -OCH3 is 1. The van der Waals surface area contributed by atoms with E-state index in [4.69, 9.17) is 4.74 Å². The molecular formula is C11H10BrFN2O2. The Labute approximate surface area is 106 Å². The fourth-order valence-electron chi connectivity index (χ4n) is 1.49. The standard InChI is InChI=1S/C11H10BrFN2O2/c1-17-10-9(12)6-15(14-11(10)16)8-4-2-7(13)3-5-8/h2-6,10H,1H3,(H,14,16). The van der Waals surface area contributed by atoms with E-state index in [0.717, 1.165) is 0 Å². The minimum absolute atomic E-state index is 0.286. The van der Waals surface area contributed by atoms with Crippen molar-refractivity contribution in [2.45, 2.75) is 6.10 Å². The first-order valence-electron chi connectivity index (χ1n) is 4.87. The summed E-state index contributed by atoms with van der Waals surface area (Å²) in [5.74, 6) is -0.610. The Morgan fingerprint density at radius 3 is 2.59 bits per heavy atom. The summed E-state index contributed by atoms with van der Waals surface area (Å²) >= 11 is 3.27. The average Bonchev–Trinajstić information content (AvgIpc) is 2.29. The van der Waals surface area contributed by atoms with Gasteiger partial charge in [-0.2, -0.15) is 0 Å². The summed E-state index contributed by atoms with van der Waals surface area (Å²) in [5, 5.41) is 1.50. The van der Waals surface area contributed by atoms with Gasteiger partial charge in [0.2, 0.25) is 0 Å². The van der Waals surface area contributed by atoms with Crippen molar-refractivity contribution in [1.82, 2.24) is 5.43 Å². The molecule has 1 aromatic carbocycles. The number of amides is 1. The Kier molecular flexibility index (Phi) is 3.44. The average molecular weight is 301 g/mol. The molecule has 0 spiro atoms. The van der Waals surface area contributed by atoms with E-state index in [1.807, 2.05) is 0 Å². The molecule has 0 aliphatic carbocycles. The van der Waals surface area contributed by atoms with E-state index in [-0.39, 0.29) is 11.7 Å². The van der Waals surface area contributed by atoms with Crippen molar-refractivity contribution in [3.05, 3.63) is 40.8 Å². The van der Waals surface area contributed by atoms with Crippen molar-refractivity contribution in [3.63, 3.8) is 0 Å². The second-order valence-electron chi connectivity index (χ2n) is 3.45. The highest BCUT2D eigenvalue weighted by molar-refractivity contribution is 9.11. The zero-order valence-electron chi connectivity index (χ0n) is 8.98. The van der Waals surface area contributed by atoms with Crippen molar-refractivity contribution in [2.75, 3.05) is 12.1 Å². The molecule has 2 rings (SSSR count). The molecule has 1 N–H and O–H groups in total. The molecule has 0 aromatic heterocycles. The minimum atomic E-state index is -0.647. The van der Waals surface area contributed by atoms with Crippen LogP contribution in [0.2, 0.25) is 0 Å². The number of nitrogens with zero attached hydrogens (tertiary/aromatic N) is 1. The van der Waals surface area contributed by atoms with Gasteiger partial charge in [0.25, 0.3) is 5.91 Å². The first-order valence-corrected chi connectivity index (χ1v) is 5.66. The van der Waals surface area contributed by atoms with Gasteiger partial charge in [-0.05, 0) is 24.3 Å². The molecule has 6 heteroatoms. The number of rotatable bonds is 2. The number of benzene rings is 1. The van der Waals surface area contributed by atoms with E-state index in [2.05, 4.69) is 21.4 Å². The lowest BCUT2D eigenvalue weighted by Crippen LogP contribution is -2.49. The van der Waals surface area contributed by atoms with E-state index in [1.165, 1.54) is 24.3 Å². The van der Waals surface area contributed by atoms with Gasteiger partial charge in [0.15, 0.2) is 6.10 Å². The number of hydrazine groups is 1. The highest BCUT2D eigenvalue weighted by Crippen LogP contribution is 2.23. The number of halogens is 2. The lowest BCUT2D eigenvalue weighted by Gasteiger charge is -2.29. The molecule has 1 amide bonds. The Morgan fingerprint density at radius 2 is 2.06 bits per heavy atom. The van der Waals surface area contributed by atoms with E-state index < -0.39 is 6.10 Å². The molecule has 1 aromatic rings. The van der Waals surface area contributed by atoms with Crippen LogP contribution >= 0.6 is 15.9 Å². The lowest BCUT2D eigenvalue weighted by molar-refractivity contribution is -0.129. The predicted molar refractivity (Wildman–Crippen MR) is 64.8 cm³/mol. The van der Waals surface area contributed by atoms with Gasteiger partial charge in [-0.1, -0.05) is 15.9 Å². The van der Waals surface area contributed by atoms with E-state index >= 15 is 0 Å². The zero-order valence-corrected chi connectivity index (χ0v) is 10.6. The molecule has 0 fully saturated rings. The van der Waals surface area contributed by atoms with Crippen LogP contribution in [0, 0.1) is 5.82 Å². The van der Waals surface area contributed by atoms with E-state index in [0.29, 0.717) is 10.2 Å². The highest BCUT2D eigenvalue weighted by atomic mass is 79.9. The third-order valence-electron chi connectivity index (χ3n) is 2.31. The number of carbonyl (C=O) groups is 1. The molecular weight excluding hydrogens is 291 g/mol. The Bertz CT molecular complexity index is 461. The molecule has 0 bridgehead atoms. The molecule has 0 saturated carbocycles. The summed E-state index contributed by atoms with van der Waals surface area (Å²) in [6.45, 7) is 0. The van der Waals surface area contributed by atoms with Crippen LogP contribution in [0.3, 0.4) is 0 Å². The molecule has 1 aliphatic rings. The molecule has 90 valence electrons. The van der Waals surface area contributed by atoms with Crippen molar-refractivity contribution < 1.29 is 13.9 Å². The first-order chi connectivity index (χ1) is 8.11. The lowest BCUT2D eigenvalue weighted by atomic mass is 10.2. The maximum Gasteiger partial charge on any atom is 0.273 e. The van der Waals surface area contributed by atoms with Crippen LogP contribution in [-0.4, -0.2) is 19.1 Å². The van der Waals surface area contributed by atoms with Gasteiger partial charge in [-0.25, -0.2) is 4.39 Å². The summed E-state index contributed by atoms with van der Waals surface area (Å²) in [6.07, 6.45) is 1.02. The molecule has 1 unspecified atom stereocenters. The van der Waals surface area contributed by atoms with Crippen LogP contribution in [0.4, 0.5) is 10.1 Å². The topological polar surface area (TPSA) is 41.6 Å². The Morgan fingerprint density at radius 1 is 1.41 bits per heavy atom. The third kappa shape index (κ3) is 2.48. The Hall–Kier alpha value is -1.40. The fraction of sp³-hybridized carbons (Fsp3) is 0.182. The van der Waals surface area contributed by atoms with Crippen molar-refractivity contribution in [1.29, 1.82) is 0 Å². The molecule has 1 aliphatic heterocycles. The maximum atomic E-state index is 12.8. The van der Waals surface area contributed by atoms with Crippen molar-refractivity contribution in [2.24, 2.45) is 0 Å². The SMILES string of the molecule is COC1C(=O)NN(c2ccc(F)cc2)C=C1Br. The predicted octanol–water partition coefficient (Wildman–Crippen LogP) is 1.93. The van der Waals surface area contributed by atoms with Crippen LogP contribution in [0.25, 0.3) is 0 Å².